The molecule has 0 aliphatic heterocycles. The van der Waals surface area contributed by atoms with E-state index in [4.69, 9.17) is 0 Å². The van der Waals surface area contributed by atoms with Gasteiger partial charge in [0.2, 0.25) is 0 Å². The fraction of sp³-hybridized carbons (Fsp3) is 0.615. The number of pyridine rings is 1. The average Bonchev–Trinajstić information content (AvgIpc) is 2.35. The van der Waals surface area contributed by atoms with Gasteiger partial charge in [0, 0.05) is 6.54 Å². The van der Waals surface area contributed by atoms with Crippen LogP contribution in [0.5, 0.6) is 0 Å². The number of hydrogen-bond donors (Lipinski definition) is 1. The number of nitrogens with zero attached hydrogens (tertiary/aromatic N) is 1. The molecule has 0 saturated heterocycles. The summed E-state index contributed by atoms with van der Waals surface area (Å²) in [6.45, 7) is 4.62. The van der Waals surface area contributed by atoms with Crippen LogP contribution in [-0.2, 0) is 6.18 Å². The maximum atomic E-state index is 12.8. The minimum absolute atomic E-state index is 0.302. The molecule has 0 aliphatic rings. The highest BCUT2D eigenvalue weighted by Gasteiger charge is 2.31. The zero-order valence-electron chi connectivity index (χ0n) is 11.2. The van der Waals surface area contributed by atoms with E-state index in [1.807, 2.05) is 13.8 Å². The van der Waals surface area contributed by atoms with Crippen molar-refractivity contribution < 1.29 is 13.2 Å². The third-order valence-electron chi connectivity index (χ3n) is 2.43. The van der Waals surface area contributed by atoms with E-state index in [2.05, 4.69) is 10.3 Å². The SMILES string of the molecule is CCCCSc1cc(C(F)(F)F)cc(NCCC)n1. The van der Waals surface area contributed by atoms with Crippen LogP contribution in [0.2, 0.25) is 0 Å². The molecule has 0 aliphatic carbocycles. The Kier molecular flexibility index (Phi) is 6.48. The molecule has 6 heteroatoms. The van der Waals surface area contributed by atoms with E-state index in [0.717, 1.165) is 37.1 Å². The molecule has 1 N–H and O–H groups in total. The van der Waals surface area contributed by atoms with Gasteiger partial charge in [-0.3, -0.25) is 0 Å². The van der Waals surface area contributed by atoms with Gasteiger partial charge in [0.1, 0.15) is 5.82 Å². The first-order valence-electron chi connectivity index (χ1n) is 6.43. The molecule has 0 aromatic carbocycles. The van der Waals surface area contributed by atoms with Crippen molar-refractivity contribution in [3.05, 3.63) is 17.7 Å². The molecular formula is C13H19F3N2S. The molecule has 19 heavy (non-hydrogen) atoms. The van der Waals surface area contributed by atoms with Crippen LogP contribution in [0.25, 0.3) is 0 Å². The van der Waals surface area contributed by atoms with Crippen molar-refractivity contribution in [2.75, 3.05) is 17.6 Å². The Bertz CT molecular complexity index is 394. The second-order valence-corrected chi connectivity index (χ2v) is 5.32. The van der Waals surface area contributed by atoms with Crippen LogP contribution in [0, 0.1) is 0 Å². The molecule has 0 radical (unpaired) electrons. The number of thioether (sulfide) groups is 1. The normalized spacial score (nSPS) is 11.6. The number of anilines is 1. The van der Waals surface area contributed by atoms with Gasteiger partial charge in [-0.2, -0.15) is 13.2 Å². The highest BCUT2D eigenvalue weighted by molar-refractivity contribution is 7.99. The summed E-state index contributed by atoms with van der Waals surface area (Å²) >= 11 is 1.37. The van der Waals surface area contributed by atoms with Gasteiger partial charge in [-0.25, -0.2) is 4.98 Å². The molecule has 1 aromatic heterocycles. The fourth-order valence-corrected chi connectivity index (χ4v) is 2.42. The van der Waals surface area contributed by atoms with Gasteiger partial charge >= 0.3 is 6.18 Å². The summed E-state index contributed by atoms with van der Waals surface area (Å²) in [7, 11) is 0. The van der Waals surface area contributed by atoms with E-state index >= 15 is 0 Å². The van der Waals surface area contributed by atoms with Crippen LogP contribution >= 0.6 is 11.8 Å². The van der Waals surface area contributed by atoms with E-state index in [0.29, 0.717) is 17.4 Å². The quantitative estimate of drug-likeness (QED) is 0.576. The Morgan fingerprint density at radius 3 is 2.53 bits per heavy atom. The summed E-state index contributed by atoms with van der Waals surface area (Å²) in [5, 5.41) is 3.35. The number of unbranched alkanes of at least 4 members (excludes halogenated alkanes) is 1. The van der Waals surface area contributed by atoms with Gasteiger partial charge in [-0.1, -0.05) is 20.3 Å². The van der Waals surface area contributed by atoms with Crippen molar-refractivity contribution in [2.45, 2.75) is 44.3 Å². The van der Waals surface area contributed by atoms with E-state index < -0.39 is 11.7 Å². The molecule has 0 amide bonds. The first-order valence-corrected chi connectivity index (χ1v) is 7.42. The number of nitrogens with one attached hydrogen (secondary N) is 1. The Morgan fingerprint density at radius 2 is 1.95 bits per heavy atom. The summed E-state index contributed by atoms with van der Waals surface area (Å²) in [4.78, 5) is 4.21. The first-order chi connectivity index (χ1) is 8.97. The third kappa shape index (κ3) is 5.72. The molecule has 1 aromatic rings. The standard InChI is InChI=1S/C13H19F3N2S/c1-3-5-7-19-12-9-10(13(14,15)16)8-11(18-12)17-6-4-2/h8-9H,3-7H2,1-2H3,(H,17,18). The van der Waals surface area contributed by atoms with Gasteiger partial charge in [0.05, 0.1) is 10.6 Å². The minimum atomic E-state index is -4.33. The molecule has 108 valence electrons. The Morgan fingerprint density at radius 1 is 1.21 bits per heavy atom. The van der Waals surface area contributed by atoms with E-state index in [9.17, 15) is 13.2 Å². The van der Waals surface area contributed by atoms with Crippen molar-refractivity contribution in [3.63, 3.8) is 0 Å². The van der Waals surface area contributed by atoms with Crippen molar-refractivity contribution in [2.24, 2.45) is 0 Å². The molecule has 0 spiro atoms. The second kappa shape index (κ2) is 7.62. The summed E-state index contributed by atoms with van der Waals surface area (Å²) in [5.41, 5.74) is -0.639. The number of aromatic nitrogens is 1. The summed E-state index contributed by atoms with van der Waals surface area (Å²) in [6.07, 6.45) is -1.49. The topological polar surface area (TPSA) is 24.9 Å². The molecule has 0 unspecified atom stereocenters. The van der Waals surface area contributed by atoms with Crippen molar-refractivity contribution >= 4 is 17.6 Å². The monoisotopic (exact) mass is 292 g/mol. The van der Waals surface area contributed by atoms with Gasteiger partial charge in [-0.05, 0) is 30.7 Å². The zero-order chi connectivity index (χ0) is 14.3. The van der Waals surface area contributed by atoms with Crippen LogP contribution in [0.3, 0.4) is 0 Å². The lowest BCUT2D eigenvalue weighted by atomic mass is 10.2. The fourth-order valence-electron chi connectivity index (χ4n) is 1.41. The Balaban J connectivity index is 2.89. The first kappa shape index (κ1) is 16.1. The summed E-state index contributed by atoms with van der Waals surface area (Å²) < 4.78 is 38.4. The molecular weight excluding hydrogens is 273 g/mol. The zero-order valence-corrected chi connectivity index (χ0v) is 12.0. The summed E-state index contributed by atoms with van der Waals surface area (Å²) in [6, 6.07) is 2.19. The smallest absolute Gasteiger partial charge is 0.370 e. The van der Waals surface area contributed by atoms with Crippen LogP contribution in [-0.4, -0.2) is 17.3 Å². The van der Waals surface area contributed by atoms with Crippen LogP contribution in [0.1, 0.15) is 38.7 Å². The molecule has 1 heterocycles. The van der Waals surface area contributed by atoms with Crippen LogP contribution < -0.4 is 5.32 Å². The predicted molar refractivity (Wildman–Crippen MR) is 73.7 cm³/mol. The molecule has 2 nitrogen and oxygen atoms in total. The lowest BCUT2D eigenvalue weighted by Crippen LogP contribution is -2.09. The maximum absolute atomic E-state index is 12.8. The van der Waals surface area contributed by atoms with Gasteiger partial charge in [0.15, 0.2) is 0 Å². The number of alkyl halides is 3. The van der Waals surface area contributed by atoms with E-state index in [1.165, 1.54) is 11.8 Å². The lowest BCUT2D eigenvalue weighted by Gasteiger charge is -2.12. The molecule has 0 atom stereocenters. The number of rotatable bonds is 7. The van der Waals surface area contributed by atoms with Gasteiger partial charge in [-0.15, -0.1) is 11.8 Å². The van der Waals surface area contributed by atoms with Gasteiger partial charge < -0.3 is 5.32 Å². The van der Waals surface area contributed by atoms with Crippen LogP contribution in [0.4, 0.5) is 19.0 Å². The molecule has 1 rings (SSSR count). The number of hydrogen-bond acceptors (Lipinski definition) is 3. The van der Waals surface area contributed by atoms with E-state index in [-0.39, 0.29) is 0 Å². The van der Waals surface area contributed by atoms with Crippen LogP contribution in [0.15, 0.2) is 17.2 Å². The third-order valence-corrected chi connectivity index (χ3v) is 3.43. The summed E-state index contributed by atoms with van der Waals surface area (Å²) in [5.74, 6) is 1.09. The Labute approximate surface area is 116 Å². The van der Waals surface area contributed by atoms with Gasteiger partial charge in [0.25, 0.3) is 0 Å². The van der Waals surface area contributed by atoms with E-state index in [1.54, 1.807) is 0 Å². The minimum Gasteiger partial charge on any atom is -0.370 e. The second-order valence-electron chi connectivity index (χ2n) is 4.21. The predicted octanol–water partition coefficient (Wildman–Crippen LogP) is 4.81. The number of halogens is 3. The highest BCUT2D eigenvalue weighted by atomic mass is 32.2. The van der Waals surface area contributed by atoms with Crippen molar-refractivity contribution in [3.8, 4) is 0 Å². The van der Waals surface area contributed by atoms with Crippen molar-refractivity contribution in [1.82, 2.24) is 4.98 Å². The molecule has 0 bridgehead atoms. The highest BCUT2D eigenvalue weighted by Crippen LogP contribution is 2.33. The average molecular weight is 292 g/mol. The molecule has 0 saturated carbocycles. The lowest BCUT2D eigenvalue weighted by molar-refractivity contribution is -0.137. The van der Waals surface area contributed by atoms with Crippen molar-refractivity contribution in [1.29, 1.82) is 0 Å². The Hall–Kier alpha value is -0.910. The maximum Gasteiger partial charge on any atom is 0.416 e. The molecule has 0 fully saturated rings. The largest absolute Gasteiger partial charge is 0.416 e.